The zero-order valence-electron chi connectivity index (χ0n) is 25.9. The van der Waals surface area contributed by atoms with E-state index in [4.69, 9.17) is 4.99 Å². The molecule has 8 heteroatoms. The Balaban J connectivity index is 1.13. The third kappa shape index (κ3) is 5.32. The molecule has 226 valence electrons. The van der Waals surface area contributed by atoms with E-state index in [0.29, 0.717) is 25.2 Å². The molecule has 1 saturated carbocycles. The van der Waals surface area contributed by atoms with Crippen LogP contribution in [0.15, 0.2) is 47.5 Å². The van der Waals surface area contributed by atoms with E-state index in [9.17, 15) is 9.59 Å². The number of carbonyl (C=O) groups excluding carboxylic acids is 2. The van der Waals surface area contributed by atoms with Crippen LogP contribution in [-0.2, 0) is 9.59 Å². The van der Waals surface area contributed by atoms with Crippen molar-refractivity contribution in [1.82, 2.24) is 19.6 Å². The number of nitrogens with zero attached hydrogens (tertiary/aromatic N) is 5. The van der Waals surface area contributed by atoms with Gasteiger partial charge in [-0.15, -0.1) is 11.3 Å². The van der Waals surface area contributed by atoms with Crippen molar-refractivity contribution in [3.05, 3.63) is 58.5 Å². The van der Waals surface area contributed by atoms with Gasteiger partial charge in [-0.3, -0.25) is 24.4 Å². The molecule has 43 heavy (non-hydrogen) atoms. The van der Waals surface area contributed by atoms with Gasteiger partial charge in [0.1, 0.15) is 11.4 Å². The number of amides is 2. The predicted molar refractivity (Wildman–Crippen MR) is 175 cm³/mol. The number of piperidine rings is 1. The maximum Gasteiger partial charge on any atom is 0.256 e. The van der Waals surface area contributed by atoms with Gasteiger partial charge in [-0.05, 0) is 87.6 Å². The Labute approximate surface area is 259 Å². The molecule has 0 atom stereocenters. The molecule has 1 spiro atoms. The quantitative estimate of drug-likeness (QED) is 0.360. The van der Waals surface area contributed by atoms with E-state index < -0.39 is 5.54 Å². The smallest absolute Gasteiger partial charge is 0.256 e. The summed E-state index contributed by atoms with van der Waals surface area (Å²) in [6.07, 6.45) is 3.59. The van der Waals surface area contributed by atoms with Crippen LogP contribution in [0.3, 0.4) is 0 Å². The average molecular weight is 598 g/mol. The van der Waals surface area contributed by atoms with Crippen molar-refractivity contribution in [2.75, 3.05) is 45.9 Å². The van der Waals surface area contributed by atoms with Crippen LogP contribution in [0, 0.1) is 19.8 Å². The van der Waals surface area contributed by atoms with Crippen LogP contribution >= 0.6 is 11.3 Å². The number of hydrogen-bond donors (Lipinski definition) is 0. The number of amidine groups is 1. The first-order valence-corrected chi connectivity index (χ1v) is 16.8. The van der Waals surface area contributed by atoms with Gasteiger partial charge in [0.25, 0.3) is 5.91 Å². The predicted octanol–water partition coefficient (Wildman–Crippen LogP) is 5.53. The van der Waals surface area contributed by atoms with Gasteiger partial charge in [0.15, 0.2) is 0 Å². The molecule has 3 fully saturated rings. The van der Waals surface area contributed by atoms with E-state index >= 15 is 0 Å². The number of carbonyl (C=O) groups is 2. The van der Waals surface area contributed by atoms with Crippen molar-refractivity contribution in [2.24, 2.45) is 10.9 Å². The summed E-state index contributed by atoms with van der Waals surface area (Å²) >= 11 is 1.85. The number of fused-ring (bicyclic) bond motifs is 1. The number of aryl methyl sites for hydroxylation is 2. The molecule has 4 heterocycles. The van der Waals surface area contributed by atoms with Crippen LogP contribution in [0.1, 0.15) is 55.5 Å². The number of benzene rings is 2. The monoisotopic (exact) mass is 597 g/mol. The molecule has 1 aliphatic carbocycles. The Bertz CT molecular complexity index is 1580. The lowest BCUT2D eigenvalue weighted by Gasteiger charge is -2.38. The van der Waals surface area contributed by atoms with E-state index in [-0.39, 0.29) is 11.8 Å². The highest BCUT2D eigenvalue weighted by Crippen LogP contribution is 2.37. The lowest BCUT2D eigenvalue weighted by atomic mass is 9.87. The summed E-state index contributed by atoms with van der Waals surface area (Å²) in [7, 11) is 0. The van der Waals surface area contributed by atoms with E-state index in [1.807, 2.05) is 21.1 Å². The highest BCUT2D eigenvalue weighted by atomic mass is 32.1. The van der Waals surface area contributed by atoms with Gasteiger partial charge in [0.2, 0.25) is 5.91 Å². The van der Waals surface area contributed by atoms with Crippen LogP contribution < -0.4 is 0 Å². The molecule has 7 rings (SSSR count). The van der Waals surface area contributed by atoms with E-state index in [2.05, 4.69) is 80.0 Å². The van der Waals surface area contributed by atoms with E-state index in [0.717, 1.165) is 69.8 Å². The molecule has 3 aromatic rings. The number of likely N-dealkylation sites (tertiary alicyclic amines) is 1. The van der Waals surface area contributed by atoms with Crippen LogP contribution in [-0.4, -0.2) is 94.8 Å². The first-order valence-electron chi connectivity index (χ1n) is 16.0. The first-order chi connectivity index (χ1) is 20.7. The zero-order valence-corrected chi connectivity index (χ0v) is 26.8. The number of hydrogen-bond acceptors (Lipinski definition) is 6. The second-order valence-corrected chi connectivity index (χ2v) is 14.5. The Morgan fingerprint density at radius 2 is 1.65 bits per heavy atom. The van der Waals surface area contributed by atoms with Crippen molar-refractivity contribution in [3.8, 4) is 11.1 Å². The van der Waals surface area contributed by atoms with Crippen molar-refractivity contribution in [1.29, 1.82) is 0 Å². The Morgan fingerprint density at radius 1 is 0.953 bits per heavy atom. The van der Waals surface area contributed by atoms with Gasteiger partial charge < -0.3 is 9.80 Å². The molecule has 0 N–H and O–H groups in total. The van der Waals surface area contributed by atoms with Gasteiger partial charge in [-0.1, -0.05) is 30.3 Å². The van der Waals surface area contributed by atoms with Gasteiger partial charge in [-0.2, -0.15) is 0 Å². The van der Waals surface area contributed by atoms with E-state index in [1.165, 1.54) is 31.7 Å². The standard InChI is InChI=1S/C35H43N5O2S/c1-23(2)38-15-13-35(14-16-38)34(42)40(20-18-37-17-19-39(22-37)33(41)28-9-10-28)32(36-35)27-7-5-26(6-8-27)29-11-12-31-30(21-29)24(3)25(4)43-31/h5-8,11-12,21,23,28H,9-10,13-20,22H2,1-4H3. The van der Waals surface area contributed by atoms with Gasteiger partial charge in [0.05, 0.1) is 6.67 Å². The molecule has 2 aromatic carbocycles. The second kappa shape index (κ2) is 11.1. The lowest BCUT2D eigenvalue weighted by Crippen LogP contribution is -2.52. The van der Waals surface area contributed by atoms with Gasteiger partial charge >= 0.3 is 0 Å². The largest absolute Gasteiger partial charge is 0.328 e. The fraction of sp³-hybridized carbons (Fsp3) is 0.514. The molecule has 1 aromatic heterocycles. The zero-order chi connectivity index (χ0) is 29.9. The third-order valence-corrected chi connectivity index (χ3v) is 11.3. The normalized spacial score (nSPS) is 21.1. The van der Waals surface area contributed by atoms with Gasteiger partial charge in [0, 0.05) is 66.4 Å². The first kappa shape index (κ1) is 28.7. The number of rotatable bonds is 7. The van der Waals surface area contributed by atoms with Crippen LogP contribution in [0.4, 0.5) is 0 Å². The van der Waals surface area contributed by atoms with Crippen LogP contribution in [0.25, 0.3) is 21.2 Å². The van der Waals surface area contributed by atoms with Crippen molar-refractivity contribution >= 4 is 39.1 Å². The minimum atomic E-state index is -0.669. The number of thiophene rings is 1. The van der Waals surface area contributed by atoms with Crippen LogP contribution in [0.2, 0.25) is 0 Å². The summed E-state index contributed by atoms with van der Waals surface area (Å²) in [4.78, 5) is 42.1. The second-order valence-electron chi connectivity index (χ2n) is 13.3. The third-order valence-electron chi connectivity index (χ3n) is 10.2. The Morgan fingerprint density at radius 3 is 2.35 bits per heavy atom. The van der Waals surface area contributed by atoms with Crippen molar-refractivity contribution in [2.45, 2.75) is 65.0 Å². The molecule has 2 amide bonds. The van der Waals surface area contributed by atoms with Crippen LogP contribution in [0.5, 0.6) is 0 Å². The highest BCUT2D eigenvalue weighted by Gasteiger charge is 2.50. The maximum absolute atomic E-state index is 14.2. The summed E-state index contributed by atoms with van der Waals surface area (Å²) < 4.78 is 1.33. The Kier molecular flexibility index (Phi) is 7.43. The summed E-state index contributed by atoms with van der Waals surface area (Å²) in [5, 5.41) is 1.33. The molecular weight excluding hydrogens is 554 g/mol. The number of aliphatic imine (C=N–C) groups is 1. The van der Waals surface area contributed by atoms with Gasteiger partial charge in [-0.25, -0.2) is 0 Å². The molecule has 2 saturated heterocycles. The minimum Gasteiger partial charge on any atom is -0.328 e. The summed E-state index contributed by atoms with van der Waals surface area (Å²) in [6.45, 7) is 14.3. The highest BCUT2D eigenvalue weighted by molar-refractivity contribution is 7.19. The molecular formula is C35H43N5O2S. The molecule has 0 bridgehead atoms. The van der Waals surface area contributed by atoms with E-state index in [1.54, 1.807) is 0 Å². The fourth-order valence-corrected chi connectivity index (χ4v) is 8.04. The molecule has 7 nitrogen and oxygen atoms in total. The summed E-state index contributed by atoms with van der Waals surface area (Å²) in [6, 6.07) is 15.8. The van der Waals surface area contributed by atoms with Crippen molar-refractivity contribution < 1.29 is 9.59 Å². The minimum absolute atomic E-state index is 0.147. The fourth-order valence-electron chi connectivity index (χ4n) is 6.99. The molecule has 0 unspecified atom stereocenters. The molecule has 4 aliphatic rings. The summed E-state index contributed by atoms with van der Waals surface area (Å²) in [5.41, 5.74) is 4.06. The lowest BCUT2D eigenvalue weighted by molar-refractivity contribution is -0.134. The summed E-state index contributed by atoms with van der Waals surface area (Å²) in [5.74, 6) is 1.51. The molecule has 3 aliphatic heterocycles. The Hall–Kier alpha value is -3.07. The van der Waals surface area contributed by atoms with Crippen molar-refractivity contribution in [3.63, 3.8) is 0 Å². The SMILES string of the molecule is Cc1sc2ccc(-c3ccc(C4=NC5(CCN(C(C)C)CC5)C(=O)N4CCN4CCN(C(=O)C5CC5)C4)cc3)cc2c1C. The molecule has 0 radical (unpaired) electrons. The topological polar surface area (TPSA) is 59.5 Å². The average Bonchev–Trinajstić information content (AvgIpc) is 3.62. The maximum atomic E-state index is 14.2.